The topological polar surface area (TPSA) is 111 Å². The molecular weight excluding hydrogens is 360 g/mol. The number of rotatable bonds is 4. The number of imide groups is 1. The summed E-state index contributed by atoms with van der Waals surface area (Å²) >= 11 is 0. The maximum atomic E-state index is 12.7. The van der Waals surface area contributed by atoms with Crippen LogP contribution in [0.25, 0.3) is 0 Å². The molecule has 0 spiro atoms. The van der Waals surface area contributed by atoms with Crippen LogP contribution < -0.4 is 10.6 Å². The van der Waals surface area contributed by atoms with Crippen molar-refractivity contribution in [2.75, 3.05) is 5.32 Å². The predicted octanol–water partition coefficient (Wildman–Crippen LogP) is 1.59. The largest absolute Gasteiger partial charge is 0.357 e. The molecule has 4 rings (SSSR count). The van der Waals surface area contributed by atoms with E-state index in [1.54, 1.807) is 24.4 Å². The van der Waals surface area contributed by atoms with Crippen molar-refractivity contribution in [1.29, 1.82) is 0 Å². The number of carbonyl (C=O) groups excluding carboxylic acids is 4. The molecule has 0 bridgehead atoms. The zero-order valence-corrected chi connectivity index (χ0v) is 15.4. The molecule has 3 N–H and O–H groups in total. The quantitative estimate of drug-likeness (QED) is 0.700. The summed E-state index contributed by atoms with van der Waals surface area (Å²) in [6.45, 7) is 2.25. The number of fused-ring (bicyclic) bond motifs is 1. The maximum Gasteiger partial charge on any atom is 0.272 e. The number of anilines is 1. The number of H-pyrrole nitrogens is 1. The Kier molecular flexibility index (Phi) is 4.46. The molecule has 1 aromatic carbocycles. The van der Waals surface area contributed by atoms with Crippen LogP contribution >= 0.6 is 0 Å². The van der Waals surface area contributed by atoms with E-state index in [-0.39, 0.29) is 30.7 Å². The van der Waals surface area contributed by atoms with Gasteiger partial charge in [0.1, 0.15) is 11.7 Å². The Bertz CT molecular complexity index is 994. The van der Waals surface area contributed by atoms with Crippen LogP contribution in [0.1, 0.15) is 51.7 Å². The monoisotopic (exact) mass is 380 g/mol. The van der Waals surface area contributed by atoms with E-state index in [0.29, 0.717) is 23.4 Å². The lowest BCUT2D eigenvalue weighted by molar-refractivity contribution is -0.136. The molecule has 0 saturated carbocycles. The van der Waals surface area contributed by atoms with Gasteiger partial charge in [-0.05, 0) is 48.2 Å². The lowest BCUT2D eigenvalue weighted by atomic mass is 10.0. The van der Waals surface area contributed by atoms with E-state index in [1.165, 1.54) is 4.90 Å². The molecule has 144 valence electrons. The summed E-state index contributed by atoms with van der Waals surface area (Å²) in [5, 5.41) is 5.13. The van der Waals surface area contributed by atoms with E-state index < -0.39 is 11.9 Å². The van der Waals surface area contributed by atoms with Crippen molar-refractivity contribution in [3.8, 4) is 0 Å². The van der Waals surface area contributed by atoms with Crippen molar-refractivity contribution in [3.05, 3.63) is 52.8 Å². The first-order valence-corrected chi connectivity index (χ1v) is 9.23. The third kappa shape index (κ3) is 3.06. The minimum Gasteiger partial charge on any atom is -0.357 e. The molecule has 1 fully saturated rings. The van der Waals surface area contributed by atoms with Gasteiger partial charge in [-0.25, -0.2) is 0 Å². The Morgan fingerprint density at radius 3 is 2.82 bits per heavy atom. The molecule has 1 aromatic heterocycles. The molecule has 0 radical (unpaired) electrons. The Morgan fingerprint density at radius 2 is 2.07 bits per heavy atom. The van der Waals surface area contributed by atoms with Gasteiger partial charge in [0.05, 0.1) is 0 Å². The average Bonchev–Trinajstić information content (AvgIpc) is 3.26. The smallest absolute Gasteiger partial charge is 0.272 e. The molecule has 1 atom stereocenters. The summed E-state index contributed by atoms with van der Waals surface area (Å²) in [5.74, 6) is -1.23. The van der Waals surface area contributed by atoms with Gasteiger partial charge in [-0.15, -0.1) is 0 Å². The number of hydrogen-bond acceptors (Lipinski definition) is 4. The fourth-order valence-corrected chi connectivity index (χ4v) is 3.75. The molecule has 2 aromatic rings. The first-order chi connectivity index (χ1) is 13.5. The van der Waals surface area contributed by atoms with Gasteiger partial charge < -0.3 is 15.2 Å². The molecule has 1 unspecified atom stereocenters. The van der Waals surface area contributed by atoms with Crippen LogP contribution in [0, 0.1) is 0 Å². The first-order valence-electron chi connectivity index (χ1n) is 9.23. The summed E-state index contributed by atoms with van der Waals surface area (Å²) in [7, 11) is 0. The first kappa shape index (κ1) is 18.0. The second-order valence-electron chi connectivity index (χ2n) is 6.96. The predicted molar refractivity (Wildman–Crippen MR) is 101 cm³/mol. The van der Waals surface area contributed by atoms with Crippen LogP contribution in [0.5, 0.6) is 0 Å². The number of amides is 4. The second-order valence-corrected chi connectivity index (χ2v) is 6.96. The number of aromatic nitrogens is 1. The van der Waals surface area contributed by atoms with Crippen molar-refractivity contribution < 1.29 is 19.2 Å². The van der Waals surface area contributed by atoms with Crippen molar-refractivity contribution in [2.24, 2.45) is 0 Å². The molecular formula is C20H20N4O4. The molecule has 8 nitrogen and oxygen atoms in total. The summed E-state index contributed by atoms with van der Waals surface area (Å²) in [5.41, 5.74) is 3.28. The summed E-state index contributed by atoms with van der Waals surface area (Å²) in [6, 6.07) is 6.31. The van der Waals surface area contributed by atoms with Gasteiger partial charge in [-0.3, -0.25) is 24.5 Å². The van der Waals surface area contributed by atoms with Crippen molar-refractivity contribution in [2.45, 2.75) is 38.8 Å². The number of nitrogens with zero attached hydrogens (tertiary/aromatic N) is 1. The highest BCUT2D eigenvalue weighted by atomic mass is 16.2. The van der Waals surface area contributed by atoms with Crippen LogP contribution in [0.4, 0.5) is 5.69 Å². The number of aromatic amines is 1. The standard InChI is InChI=1S/C20H20N4O4/c1-2-11-7-8-21-17(11)19(27)22-13-3-4-14-12(9-13)10-24(20(14)28)15-5-6-16(25)23-18(15)26/h3-4,7-9,15,21H,2,5-6,10H2,1H3,(H,22,27)(H,23,25,26). The Labute approximate surface area is 161 Å². The molecule has 8 heteroatoms. The molecule has 4 amide bonds. The van der Waals surface area contributed by atoms with E-state index in [2.05, 4.69) is 15.6 Å². The number of aryl methyl sites for hydroxylation is 1. The van der Waals surface area contributed by atoms with Crippen LogP contribution in [-0.4, -0.2) is 39.6 Å². The van der Waals surface area contributed by atoms with E-state index in [1.807, 2.05) is 13.0 Å². The Morgan fingerprint density at radius 1 is 1.25 bits per heavy atom. The SMILES string of the molecule is CCc1cc[nH]c1C(=O)Nc1ccc2c(c1)CN(C1CCC(=O)NC1=O)C2=O. The summed E-state index contributed by atoms with van der Waals surface area (Å²) < 4.78 is 0. The summed E-state index contributed by atoms with van der Waals surface area (Å²) in [4.78, 5) is 53.1. The molecule has 28 heavy (non-hydrogen) atoms. The maximum absolute atomic E-state index is 12.7. The van der Waals surface area contributed by atoms with Gasteiger partial charge in [-0.1, -0.05) is 6.92 Å². The van der Waals surface area contributed by atoms with Gasteiger partial charge in [0.15, 0.2) is 0 Å². The van der Waals surface area contributed by atoms with E-state index in [9.17, 15) is 19.2 Å². The Balaban J connectivity index is 1.52. The van der Waals surface area contributed by atoms with Crippen LogP contribution in [0.2, 0.25) is 0 Å². The van der Waals surface area contributed by atoms with Gasteiger partial charge >= 0.3 is 0 Å². The van der Waals surface area contributed by atoms with E-state index >= 15 is 0 Å². The van der Waals surface area contributed by atoms with Crippen molar-refractivity contribution in [3.63, 3.8) is 0 Å². The summed E-state index contributed by atoms with van der Waals surface area (Å²) in [6.07, 6.45) is 3.01. The third-order valence-corrected chi connectivity index (χ3v) is 5.22. The molecule has 2 aliphatic rings. The highest BCUT2D eigenvalue weighted by Crippen LogP contribution is 2.29. The molecule has 1 saturated heterocycles. The number of benzene rings is 1. The third-order valence-electron chi connectivity index (χ3n) is 5.22. The number of nitrogens with one attached hydrogen (secondary N) is 3. The molecule has 3 heterocycles. The van der Waals surface area contributed by atoms with Gasteiger partial charge in [0, 0.05) is 30.4 Å². The Hall–Kier alpha value is -3.42. The highest BCUT2D eigenvalue weighted by Gasteiger charge is 2.39. The minimum atomic E-state index is -0.651. The van der Waals surface area contributed by atoms with E-state index in [0.717, 1.165) is 17.5 Å². The second kappa shape index (κ2) is 6.95. The minimum absolute atomic E-state index is 0.216. The number of hydrogen-bond donors (Lipinski definition) is 3. The zero-order valence-electron chi connectivity index (χ0n) is 15.4. The lowest BCUT2D eigenvalue weighted by Gasteiger charge is -2.29. The number of carbonyl (C=O) groups is 4. The van der Waals surface area contributed by atoms with Gasteiger partial charge in [-0.2, -0.15) is 0 Å². The lowest BCUT2D eigenvalue weighted by Crippen LogP contribution is -2.52. The fraction of sp³-hybridized carbons (Fsp3) is 0.300. The van der Waals surface area contributed by atoms with Gasteiger partial charge in [0.2, 0.25) is 11.8 Å². The fourth-order valence-electron chi connectivity index (χ4n) is 3.75. The zero-order chi connectivity index (χ0) is 19.8. The number of piperidine rings is 1. The average molecular weight is 380 g/mol. The van der Waals surface area contributed by atoms with Crippen LogP contribution in [0.3, 0.4) is 0 Å². The highest BCUT2D eigenvalue weighted by molar-refractivity contribution is 6.07. The van der Waals surface area contributed by atoms with Crippen molar-refractivity contribution >= 4 is 29.3 Å². The van der Waals surface area contributed by atoms with Crippen LogP contribution in [0.15, 0.2) is 30.5 Å². The van der Waals surface area contributed by atoms with Crippen molar-refractivity contribution in [1.82, 2.24) is 15.2 Å². The normalized spacial score (nSPS) is 18.8. The molecule has 2 aliphatic heterocycles. The molecule has 0 aliphatic carbocycles. The van der Waals surface area contributed by atoms with E-state index in [4.69, 9.17) is 0 Å². The van der Waals surface area contributed by atoms with Gasteiger partial charge in [0.25, 0.3) is 11.8 Å². The van der Waals surface area contributed by atoms with Crippen LogP contribution in [-0.2, 0) is 22.6 Å².